The van der Waals surface area contributed by atoms with E-state index in [1.807, 2.05) is 6.26 Å². The topological polar surface area (TPSA) is 28.4 Å². The molecule has 1 unspecified atom stereocenters. The van der Waals surface area contributed by atoms with Gasteiger partial charge in [-0.15, -0.1) is 0 Å². The van der Waals surface area contributed by atoms with E-state index in [1.165, 1.54) is 44.2 Å². The maximum atomic E-state index is 5.75. The zero-order valence-corrected chi connectivity index (χ0v) is 13.3. The third kappa shape index (κ3) is 4.35. The van der Waals surface area contributed by atoms with Gasteiger partial charge in [-0.1, -0.05) is 33.6 Å². The second-order valence-electron chi connectivity index (χ2n) is 6.29. The molecule has 0 aromatic carbocycles. The van der Waals surface area contributed by atoms with E-state index in [0.717, 1.165) is 24.9 Å². The summed E-state index contributed by atoms with van der Waals surface area (Å²) in [5.41, 5.74) is 1.32. The third-order valence-corrected chi connectivity index (χ3v) is 4.36. The smallest absolute Gasteiger partial charge is 0.122 e. The maximum absolute atomic E-state index is 5.75. The molecule has 1 saturated heterocycles. The molecule has 1 atom stereocenters. The molecular formula is C17H30N2O. The van der Waals surface area contributed by atoms with E-state index in [9.17, 15) is 0 Å². The van der Waals surface area contributed by atoms with Gasteiger partial charge in [-0.25, -0.2) is 0 Å². The van der Waals surface area contributed by atoms with Crippen molar-refractivity contribution in [2.24, 2.45) is 0 Å². The molecule has 20 heavy (non-hydrogen) atoms. The molecule has 0 aliphatic carbocycles. The Morgan fingerprint density at radius 2 is 2.20 bits per heavy atom. The van der Waals surface area contributed by atoms with Gasteiger partial charge < -0.3 is 9.73 Å². The van der Waals surface area contributed by atoms with E-state index >= 15 is 0 Å². The second kappa shape index (κ2) is 7.84. The zero-order valence-electron chi connectivity index (χ0n) is 13.3. The zero-order chi connectivity index (χ0) is 14.4. The average molecular weight is 278 g/mol. The van der Waals surface area contributed by atoms with E-state index in [0.29, 0.717) is 6.04 Å². The third-order valence-electron chi connectivity index (χ3n) is 4.36. The molecule has 2 rings (SSSR count). The van der Waals surface area contributed by atoms with Gasteiger partial charge in [0.2, 0.25) is 0 Å². The fourth-order valence-corrected chi connectivity index (χ4v) is 3.07. The van der Waals surface area contributed by atoms with E-state index in [2.05, 4.69) is 37.1 Å². The van der Waals surface area contributed by atoms with Gasteiger partial charge >= 0.3 is 0 Å². The minimum absolute atomic E-state index is 0.513. The molecule has 1 aliphatic rings. The summed E-state index contributed by atoms with van der Waals surface area (Å²) < 4.78 is 5.75. The highest BCUT2D eigenvalue weighted by atomic mass is 16.3. The maximum Gasteiger partial charge on any atom is 0.122 e. The largest absolute Gasteiger partial charge is 0.468 e. The number of furan rings is 1. The fraction of sp³-hybridized carbons (Fsp3) is 0.765. The van der Waals surface area contributed by atoms with Gasteiger partial charge in [0.15, 0.2) is 0 Å². The van der Waals surface area contributed by atoms with Gasteiger partial charge in [0.05, 0.1) is 12.8 Å². The Hall–Kier alpha value is -0.800. The predicted octanol–water partition coefficient (Wildman–Crippen LogP) is 3.93. The van der Waals surface area contributed by atoms with Crippen LogP contribution in [0, 0.1) is 0 Å². The van der Waals surface area contributed by atoms with Crippen LogP contribution in [0.4, 0.5) is 0 Å². The fourth-order valence-electron chi connectivity index (χ4n) is 3.07. The Morgan fingerprint density at radius 1 is 1.35 bits per heavy atom. The van der Waals surface area contributed by atoms with Crippen molar-refractivity contribution in [3.63, 3.8) is 0 Å². The lowest BCUT2D eigenvalue weighted by Gasteiger charge is -2.28. The summed E-state index contributed by atoms with van der Waals surface area (Å²) in [6.07, 6.45) is 8.53. The minimum Gasteiger partial charge on any atom is -0.468 e. The van der Waals surface area contributed by atoms with Crippen molar-refractivity contribution in [2.75, 3.05) is 6.54 Å². The molecule has 114 valence electrons. The van der Waals surface area contributed by atoms with Crippen molar-refractivity contribution in [2.45, 2.75) is 78.0 Å². The lowest BCUT2D eigenvalue weighted by atomic mass is 10.1. The van der Waals surface area contributed by atoms with Crippen LogP contribution >= 0.6 is 0 Å². The first kappa shape index (κ1) is 15.6. The summed E-state index contributed by atoms with van der Waals surface area (Å²) >= 11 is 0. The van der Waals surface area contributed by atoms with Crippen LogP contribution in [-0.2, 0) is 13.1 Å². The van der Waals surface area contributed by atoms with Gasteiger partial charge in [0, 0.05) is 24.2 Å². The summed E-state index contributed by atoms with van der Waals surface area (Å²) in [4.78, 5) is 2.63. The Labute approximate surface area is 123 Å². The van der Waals surface area contributed by atoms with Crippen molar-refractivity contribution in [3.05, 3.63) is 23.7 Å². The van der Waals surface area contributed by atoms with Gasteiger partial charge in [-0.05, 0) is 31.9 Å². The van der Waals surface area contributed by atoms with Crippen LogP contribution in [0.1, 0.15) is 64.2 Å². The first-order valence-electron chi connectivity index (χ1n) is 8.23. The monoisotopic (exact) mass is 278 g/mol. The van der Waals surface area contributed by atoms with E-state index in [-0.39, 0.29) is 0 Å². The normalized spacial score (nSPS) is 21.3. The Balaban J connectivity index is 1.98. The Morgan fingerprint density at radius 3 is 2.95 bits per heavy atom. The molecule has 2 heterocycles. The lowest BCUT2D eigenvalue weighted by Crippen LogP contribution is -2.34. The van der Waals surface area contributed by atoms with Gasteiger partial charge in [0.1, 0.15) is 5.76 Å². The number of hydrogen-bond acceptors (Lipinski definition) is 3. The molecule has 3 heteroatoms. The number of likely N-dealkylation sites (tertiary alicyclic amines) is 1. The summed E-state index contributed by atoms with van der Waals surface area (Å²) in [7, 11) is 0. The predicted molar refractivity (Wildman–Crippen MR) is 83.6 cm³/mol. The molecule has 0 radical (unpaired) electrons. The highest BCUT2D eigenvalue weighted by Crippen LogP contribution is 2.23. The molecule has 1 aromatic rings. The van der Waals surface area contributed by atoms with Crippen molar-refractivity contribution in [1.82, 2.24) is 10.2 Å². The van der Waals surface area contributed by atoms with E-state index in [4.69, 9.17) is 4.42 Å². The van der Waals surface area contributed by atoms with Crippen molar-refractivity contribution in [1.29, 1.82) is 0 Å². The van der Waals surface area contributed by atoms with Gasteiger partial charge in [-0.2, -0.15) is 0 Å². The van der Waals surface area contributed by atoms with Gasteiger partial charge in [0.25, 0.3) is 0 Å². The molecular weight excluding hydrogens is 248 g/mol. The van der Waals surface area contributed by atoms with Crippen molar-refractivity contribution >= 4 is 0 Å². The number of nitrogens with one attached hydrogen (secondary N) is 1. The van der Waals surface area contributed by atoms with Crippen LogP contribution in [0.3, 0.4) is 0 Å². The van der Waals surface area contributed by atoms with E-state index in [1.54, 1.807) is 0 Å². The average Bonchev–Trinajstić information content (AvgIpc) is 2.74. The first-order chi connectivity index (χ1) is 9.70. The molecule has 0 bridgehead atoms. The quantitative estimate of drug-likeness (QED) is 0.854. The van der Waals surface area contributed by atoms with Crippen molar-refractivity contribution in [3.8, 4) is 0 Å². The summed E-state index contributed by atoms with van der Waals surface area (Å²) in [6, 6.07) is 3.36. The highest BCUT2D eigenvalue weighted by Gasteiger charge is 2.21. The molecule has 0 amide bonds. The Bertz CT molecular complexity index is 386. The molecule has 0 saturated carbocycles. The van der Waals surface area contributed by atoms with Crippen LogP contribution in [0.15, 0.2) is 16.7 Å². The molecule has 0 spiro atoms. The number of hydrogen-bond donors (Lipinski definition) is 1. The molecule has 1 fully saturated rings. The van der Waals surface area contributed by atoms with Crippen LogP contribution in [0.25, 0.3) is 0 Å². The number of rotatable bonds is 6. The molecule has 1 N–H and O–H groups in total. The van der Waals surface area contributed by atoms with Crippen LogP contribution in [-0.4, -0.2) is 23.5 Å². The van der Waals surface area contributed by atoms with E-state index < -0.39 is 0 Å². The molecule has 1 aliphatic heterocycles. The van der Waals surface area contributed by atoms with Crippen molar-refractivity contribution < 1.29 is 4.42 Å². The Kier molecular flexibility index (Phi) is 6.11. The SMILES string of the molecule is CCC1CCCCCN1Cc1occc1CNC(C)C. The summed E-state index contributed by atoms with van der Waals surface area (Å²) in [6.45, 7) is 9.78. The first-order valence-corrected chi connectivity index (χ1v) is 8.23. The number of nitrogens with zero attached hydrogens (tertiary/aromatic N) is 1. The molecule has 1 aromatic heterocycles. The lowest BCUT2D eigenvalue weighted by molar-refractivity contribution is 0.171. The highest BCUT2D eigenvalue weighted by molar-refractivity contribution is 5.17. The minimum atomic E-state index is 0.513. The standard InChI is InChI=1S/C17H30N2O/c1-4-16-8-6-5-7-10-19(16)13-17-15(9-11-20-17)12-18-14(2)3/h9,11,14,16,18H,4-8,10,12-13H2,1-3H3. The van der Waals surface area contributed by atoms with Crippen LogP contribution < -0.4 is 5.32 Å². The summed E-state index contributed by atoms with van der Waals surface area (Å²) in [5, 5.41) is 3.48. The van der Waals surface area contributed by atoms with Crippen LogP contribution in [0.2, 0.25) is 0 Å². The molecule has 3 nitrogen and oxygen atoms in total. The van der Waals surface area contributed by atoms with Crippen LogP contribution in [0.5, 0.6) is 0 Å². The second-order valence-corrected chi connectivity index (χ2v) is 6.29. The summed E-state index contributed by atoms with van der Waals surface area (Å²) in [5.74, 6) is 1.15. The van der Waals surface area contributed by atoms with Gasteiger partial charge in [-0.3, -0.25) is 4.90 Å².